The quantitative estimate of drug-likeness (QED) is 0.532. The largest absolute Gasteiger partial charge is 0.376 e. The molecule has 4 atom stereocenters. The number of rotatable bonds is 3. The number of halogens is 1. The van der Waals surface area contributed by atoms with E-state index >= 15 is 0 Å². The topological polar surface area (TPSA) is 18.5 Å². The summed E-state index contributed by atoms with van der Waals surface area (Å²) >= 11 is 0. The van der Waals surface area contributed by atoms with Gasteiger partial charge in [0.1, 0.15) is 14.0 Å². The zero-order valence-electron chi connectivity index (χ0n) is 9.16. The molecule has 1 fully saturated rings. The molecule has 1 rings (SSSR count). The van der Waals surface area contributed by atoms with E-state index in [9.17, 15) is 4.39 Å². The van der Waals surface area contributed by atoms with Crippen LogP contribution < -0.4 is 0 Å². The molecule has 1 aliphatic rings. The van der Waals surface area contributed by atoms with Crippen molar-refractivity contribution < 1.29 is 13.7 Å². The van der Waals surface area contributed by atoms with Crippen LogP contribution in [0.3, 0.4) is 0 Å². The Hall–Kier alpha value is 0.345. The molecule has 80 valence electrons. The molecular weight excluding hydrogens is 201 g/mol. The van der Waals surface area contributed by atoms with Crippen LogP contribution >= 0.6 is 8.15 Å². The van der Waals surface area contributed by atoms with Crippen molar-refractivity contribution in [3.8, 4) is 0 Å². The second-order valence-electron chi connectivity index (χ2n) is 4.21. The van der Waals surface area contributed by atoms with Gasteiger partial charge in [-0.15, -0.1) is 0 Å². The zero-order chi connectivity index (χ0) is 10.9. The van der Waals surface area contributed by atoms with E-state index in [0.717, 1.165) is 0 Å². The molecule has 14 heavy (non-hydrogen) atoms. The van der Waals surface area contributed by atoms with Crippen LogP contribution in [0.15, 0.2) is 0 Å². The highest BCUT2D eigenvalue weighted by atomic mass is 31.1. The lowest BCUT2D eigenvalue weighted by molar-refractivity contribution is -0.0449. The highest BCUT2D eigenvalue weighted by Gasteiger charge is 2.48. The minimum Gasteiger partial charge on any atom is -0.376 e. The van der Waals surface area contributed by atoms with E-state index in [-0.39, 0.29) is 5.92 Å². The van der Waals surface area contributed by atoms with Gasteiger partial charge in [0.2, 0.25) is 0 Å². The van der Waals surface area contributed by atoms with E-state index in [1.54, 1.807) is 0 Å². The first kappa shape index (κ1) is 12.4. The van der Waals surface area contributed by atoms with Crippen LogP contribution in [0.4, 0.5) is 4.39 Å². The Labute approximate surface area is 87.8 Å². The van der Waals surface area contributed by atoms with Crippen LogP contribution in [-0.4, -0.2) is 45.6 Å². The minimum atomic E-state index is -1.09. The molecule has 1 aliphatic heterocycles. The fraction of sp³-hybridized carbons (Fsp3) is 1.00. The van der Waals surface area contributed by atoms with Crippen LogP contribution in [0, 0.1) is 5.92 Å². The van der Waals surface area contributed by atoms with Gasteiger partial charge in [0.15, 0.2) is 0 Å². The van der Waals surface area contributed by atoms with Crippen molar-refractivity contribution in [3.63, 3.8) is 0 Å². The Morgan fingerprint density at radius 2 is 2.14 bits per heavy atom. The van der Waals surface area contributed by atoms with Gasteiger partial charge in [-0.25, -0.2) is 4.39 Å². The van der Waals surface area contributed by atoms with E-state index in [2.05, 4.69) is 0 Å². The van der Waals surface area contributed by atoms with Gasteiger partial charge >= 0.3 is 0 Å². The van der Waals surface area contributed by atoms with Gasteiger partial charge in [-0.3, -0.25) is 0 Å². The lowest BCUT2D eigenvalue weighted by Crippen LogP contribution is -2.36. The summed E-state index contributed by atoms with van der Waals surface area (Å²) in [4.78, 5) is 0. The van der Waals surface area contributed by atoms with Gasteiger partial charge in [-0.05, 0) is 20.3 Å². The summed E-state index contributed by atoms with van der Waals surface area (Å²) in [5.41, 5.74) is -0.578. The maximum absolute atomic E-state index is 13.4. The van der Waals surface area contributed by atoms with Crippen molar-refractivity contribution in [2.75, 3.05) is 19.9 Å². The third-order valence-electron chi connectivity index (χ3n) is 2.77. The van der Waals surface area contributed by atoms with Gasteiger partial charge in [-0.1, -0.05) is 6.92 Å². The number of hydrogen-bond donors (Lipinski definition) is 0. The smallest absolute Gasteiger partial charge is 0.123 e. The maximum atomic E-state index is 13.4. The van der Waals surface area contributed by atoms with Crippen LogP contribution in [0.5, 0.6) is 0 Å². The van der Waals surface area contributed by atoms with E-state index in [1.807, 2.05) is 27.2 Å². The van der Waals surface area contributed by atoms with Crippen molar-refractivity contribution in [1.82, 2.24) is 0 Å². The maximum Gasteiger partial charge on any atom is 0.123 e. The molecular formula is C9H17BFO2P. The Morgan fingerprint density at radius 1 is 1.57 bits per heavy atom. The zero-order valence-corrected chi connectivity index (χ0v) is 10.1. The van der Waals surface area contributed by atoms with Crippen LogP contribution in [-0.2, 0) is 9.26 Å². The van der Waals surface area contributed by atoms with Crippen LogP contribution in [0.2, 0.25) is 0 Å². The molecule has 2 radical (unpaired) electrons. The molecule has 0 amide bonds. The predicted molar refractivity (Wildman–Crippen MR) is 57.8 cm³/mol. The van der Waals surface area contributed by atoms with E-state index < -0.39 is 25.9 Å². The van der Waals surface area contributed by atoms with E-state index in [4.69, 9.17) is 17.1 Å². The Kier molecular flexibility index (Phi) is 3.96. The first-order chi connectivity index (χ1) is 6.37. The van der Waals surface area contributed by atoms with Crippen molar-refractivity contribution >= 4 is 16.0 Å². The lowest BCUT2D eigenvalue weighted by Gasteiger charge is -2.29. The van der Waals surface area contributed by atoms with Gasteiger partial charge in [-0.2, -0.15) is 0 Å². The summed E-state index contributed by atoms with van der Waals surface area (Å²) < 4.78 is 24.4. The average molecular weight is 218 g/mol. The van der Waals surface area contributed by atoms with Gasteiger partial charge in [0, 0.05) is 20.1 Å². The average Bonchev–Trinajstić information content (AvgIpc) is 2.28. The number of hydrogen-bond acceptors (Lipinski definition) is 2. The standard InChI is InChI=1S/C9H17BFO2P/c1-6-7(11)8(10)13-9(6,2)5-12-14(3)4/h6-8H,5H2,1-4H3/t6?,7-,8+,9+/m0/s1. The molecule has 0 aromatic rings. The molecule has 0 saturated carbocycles. The van der Waals surface area contributed by atoms with Crippen molar-refractivity contribution in [3.05, 3.63) is 0 Å². The first-order valence-corrected chi connectivity index (χ1v) is 6.90. The van der Waals surface area contributed by atoms with E-state index in [0.29, 0.717) is 6.61 Å². The normalized spacial score (nSPS) is 43.4. The minimum absolute atomic E-state index is 0.215. The molecule has 0 aromatic heterocycles. The van der Waals surface area contributed by atoms with Crippen molar-refractivity contribution in [1.29, 1.82) is 0 Å². The van der Waals surface area contributed by atoms with Gasteiger partial charge in [0.25, 0.3) is 0 Å². The third-order valence-corrected chi connectivity index (χ3v) is 3.41. The fourth-order valence-electron chi connectivity index (χ4n) is 1.53. The summed E-state index contributed by atoms with van der Waals surface area (Å²) in [5, 5.41) is 0. The second kappa shape index (κ2) is 4.46. The molecule has 0 bridgehead atoms. The van der Waals surface area contributed by atoms with Crippen molar-refractivity contribution in [2.24, 2.45) is 5.92 Å². The monoisotopic (exact) mass is 218 g/mol. The number of ether oxygens (including phenoxy) is 1. The molecule has 0 N–H and O–H groups in total. The third kappa shape index (κ3) is 2.47. The lowest BCUT2D eigenvalue weighted by atomic mass is 9.85. The SMILES string of the molecule is [B][C@@H]1O[C@](C)(COP(C)C)C(C)[C@@H]1F. The molecule has 2 nitrogen and oxygen atoms in total. The van der Waals surface area contributed by atoms with Crippen molar-refractivity contribution in [2.45, 2.75) is 31.6 Å². The molecule has 0 spiro atoms. The summed E-state index contributed by atoms with van der Waals surface area (Å²) in [6, 6.07) is -0.807. The highest BCUT2D eigenvalue weighted by molar-refractivity contribution is 7.50. The predicted octanol–water partition coefficient (Wildman–Crippen LogP) is 1.92. The first-order valence-electron chi connectivity index (χ1n) is 4.74. The van der Waals surface area contributed by atoms with Crippen LogP contribution in [0.1, 0.15) is 13.8 Å². The summed E-state index contributed by atoms with van der Waals surface area (Å²) in [7, 11) is 5.06. The van der Waals surface area contributed by atoms with Gasteiger partial charge in [0.05, 0.1) is 12.2 Å². The second-order valence-corrected chi connectivity index (χ2v) is 6.10. The Balaban J connectivity index is 2.57. The Bertz CT molecular complexity index is 205. The highest BCUT2D eigenvalue weighted by Crippen LogP contribution is 2.39. The molecule has 0 aliphatic carbocycles. The van der Waals surface area contributed by atoms with Crippen LogP contribution in [0.25, 0.3) is 0 Å². The molecule has 0 aromatic carbocycles. The molecule has 5 heteroatoms. The summed E-state index contributed by atoms with van der Waals surface area (Å²) in [6.45, 7) is 8.10. The molecule has 1 unspecified atom stereocenters. The number of alkyl halides is 1. The summed E-state index contributed by atoms with van der Waals surface area (Å²) in [6.07, 6.45) is -1.09. The molecule has 1 heterocycles. The Morgan fingerprint density at radius 3 is 2.50 bits per heavy atom. The molecule has 1 saturated heterocycles. The van der Waals surface area contributed by atoms with Gasteiger partial charge < -0.3 is 9.26 Å². The fourth-order valence-corrected chi connectivity index (χ4v) is 2.04. The van der Waals surface area contributed by atoms with E-state index in [1.165, 1.54) is 0 Å². The summed E-state index contributed by atoms with van der Waals surface area (Å²) in [5.74, 6) is -0.215.